The van der Waals surface area contributed by atoms with Gasteiger partial charge in [-0.3, -0.25) is 9.59 Å². The third kappa shape index (κ3) is 5.16. The number of nitrogens with one attached hydrogen (secondary N) is 1. The van der Waals surface area contributed by atoms with Crippen LogP contribution in [0.5, 0.6) is 0 Å². The van der Waals surface area contributed by atoms with Gasteiger partial charge in [0, 0.05) is 33.2 Å². The molecule has 2 amide bonds. The topological polar surface area (TPSA) is 88.1 Å². The van der Waals surface area contributed by atoms with Crippen molar-refractivity contribution < 1.29 is 24.2 Å². The minimum Gasteiger partial charge on any atom is -0.394 e. The molecule has 0 aromatic rings. The van der Waals surface area contributed by atoms with Crippen LogP contribution in [0.1, 0.15) is 32.1 Å². The Balaban J connectivity index is 1.84. The van der Waals surface area contributed by atoms with E-state index in [-0.39, 0.29) is 36.5 Å². The number of carbonyl (C=O) groups excluding carboxylic acids is 2. The number of rotatable bonds is 5. The molecule has 0 unspecified atom stereocenters. The van der Waals surface area contributed by atoms with Gasteiger partial charge in [-0.2, -0.15) is 0 Å². The highest BCUT2D eigenvalue weighted by molar-refractivity contribution is 5.79. The SMILES string of the molecule is CN(C)C(=O)C[C@H]1CC[C@@H](NC(=O)C2CCOCC2)[C@@H](CO)O1. The van der Waals surface area contributed by atoms with Crippen LogP contribution in [0.4, 0.5) is 0 Å². The fraction of sp³-hybridized carbons (Fsp3) is 0.875. The molecule has 2 saturated heterocycles. The molecule has 132 valence electrons. The highest BCUT2D eigenvalue weighted by Gasteiger charge is 2.34. The van der Waals surface area contributed by atoms with Gasteiger partial charge in [0.25, 0.3) is 0 Å². The van der Waals surface area contributed by atoms with Gasteiger partial charge in [0.05, 0.1) is 25.2 Å². The number of amides is 2. The first-order valence-electron chi connectivity index (χ1n) is 8.35. The first kappa shape index (κ1) is 18.2. The van der Waals surface area contributed by atoms with Crippen LogP contribution in [0.15, 0.2) is 0 Å². The van der Waals surface area contributed by atoms with Crippen LogP contribution in [0, 0.1) is 5.92 Å². The molecular formula is C16H28N2O5. The molecular weight excluding hydrogens is 300 g/mol. The smallest absolute Gasteiger partial charge is 0.224 e. The number of aliphatic hydroxyl groups excluding tert-OH is 1. The zero-order valence-corrected chi connectivity index (χ0v) is 14.0. The average Bonchev–Trinajstić information content (AvgIpc) is 2.56. The fourth-order valence-electron chi connectivity index (χ4n) is 3.08. The largest absolute Gasteiger partial charge is 0.394 e. The lowest BCUT2D eigenvalue weighted by Crippen LogP contribution is -2.53. The summed E-state index contributed by atoms with van der Waals surface area (Å²) in [5, 5.41) is 12.6. The van der Waals surface area contributed by atoms with Gasteiger partial charge in [-0.25, -0.2) is 0 Å². The van der Waals surface area contributed by atoms with E-state index in [0.29, 0.717) is 32.5 Å². The van der Waals surface area contributed by atoms with Crippen LogP contribution >= 0.6 is 0 Å². The quantitative estimate of drug-likeness (QED) is 0.737. The van der Waals surface area contributed by atoms with E-state index in [1.54, 1.807) is 14.1 Å². The number of ether oxygens (including phenoxy) is 2. The molecule has 3 atom stereocenters. The minimum absolute atomic E-state index is 0.0105. The van der Waals surface area contributed by atoms with Gasteiger partial charge in [0.15, 0.2) is 0 Å². The summed E-state index contributed by atoms with van der Waals surface area (Å²) in [4.78, 5) is 25.6. The van der Waals surface area contributed by atoms with Crippen molar-refractivity contribution in [3.05, 3.63) is 0 Å². The van der Waals surface area contributed by atoms with Crippen LogP contribution in [0.3, 0.4) is 0 Å². The lowest BCUT2D eigenvalue weighted by Gasteiger charge is -2.37. The lowest BCUT2D eigenvalue weighted by molar-refractivity contribution is -0.142. The predicted octanol–water partition coefficient (Wildman–Crippen LogP) is -0.0840. The van der Waals surface area contributed by atoms with Gasteiger partial charge in [0.1, 0.15) is 6.10 Å². The summed E-state index contributed by atoms with van der Waals surface area (Å²) < 4.78 is 11.1. The zero-order chi connectivity index (χ0) is 16.8. The molecule has 2 aliphatic rings. The molecule has 23 heavy (non-hydrogen) atoms. The Hall–Kier alpha value is -1.18. The number of nitrogens with zero attached hydrogens (tertiary/aromatic N) is 1. The Morgan fingerprint density at radius 1 is 1.17 bits per heavy atom. The minimum atomic E-state index is -0.451. The second kappa shape index (κ2) is 8.61. The van der Waals surface area contributed by atoms with E-state index in [2.05, 4.69) is 5.32 Å². The van der Waals surface area contributed by atoms with E-state index in [1.807, 2.05) is 0 Å². The highest BCUT2D eigenvalue weighted by atomic mass is 16.5. The molecule has 0 aromatic carbocycles. The number of aliphatic hydroxyl groups is 1. The monoisotopic (exact) mass is 328 g/mol. The van der Waals surface area contributed by atoms with E-state index < -0.39 is 6.10 Å². The molecule has 0 saturated carbocycles. The predicted molar refractivity (Wildman–Crippen MR) is 83.8 cm³/mol. The fourth-order valence-corrected chi connectivity index (χ4v) is 3.08. The van der Waals surface area contributed by atoms with E-state index in [0.717, 1.165) is 12.8 Å². The Kier molecular flexibility index (Phi) is 6.80. The maximum Gasteiger partial charge on any atom is 0.224 e. The maximum atomic E-state index is 12.3. The Morgan fingerprint density at radius 3 is 2.48 bits per heavy atom. The molecule has 2 aliphatic heterocycles. The van der Waals surface area contributed by atoms with Crippen molar-refractivity contribution in [2.24, 2.45) is 5.92 Å². The molecule has 0 spiro atoms. The molecule has 0 radical (unpaired) electrons. The normalized spacial score (nSPS) is 29.1. The van der Waals surface area contributed by atoms with Crippen molar-refractivity contribution in [3.8, 4) is 0 Å². The Morgan fingerprint density at radius 2 is 1.87 bits per heavy atom. The lowest BCUT2D eigenvalue weighted by atomic mass is 9.94. The second-order valence-electron chi connectivity index (χ2n) is 6.55. The van der Waals surface area contributed by atoms with E-state index in [4.69, 9.17) is 9.47 Å². The summed E-state index contributed by atoms with van der Waals surface area (Å²) in [5.41, 5.74) is 0. The van der Waals surface area contributed by atoms with Crippen molar-refractivity contribution in [1.29, 1.82) is 0 Å². The first-order chi connectivity index (χ1) is 11.0. The zero-order valence-electron chi connectivity index (χ0n) is 14.0. The van der Waals surface area contributed by atoms with Gasteiger partial charge in [0.2, 0.25) is 11.8 Å². The van der Waals surface area contributed by atoms with Crippen molar-refractivity contribution in [1.82, 2.24) is 10.2 Å². The van der Waals surface area contributed by atoms with Gasteiger partial charge < -0.3 is 24.8 Å². The number of carbonyl (C=O) groups is 2. The van der Waals surface area contributed by atoms with Gasteiger partial charge in [-0.15, -0.1) is 0 Å². The van der Waals surface area contributed by atoms with Crippen LogP contribution in [0.25, 0.3) is 0 Å². The van der Waals surface area contributed by atoms with Crippen LogP contribution in [-0.2, 0) is 19.1 Å². The molecule has 0 bridgehead atoms. The molecule has 2 fully saturated rings. The molecule has 2 rings (SSSR count). The van der Waals surface area contributed by atoms with Crippen LogP contribution in [-0.4, -0.2) is 74.0 Å². The highest BCUT2D eigenvalue weighted by Crippen LogP contribution is 2.23. The Labute approximate surface area is 137 Å². The van der Waals surface area contributed by atoms with Crippen LogP contribution in [0.2, 0.25) is 0 Å². The summed E-state index contributed by atoms with van der Waals surface area (Å²) >= 11 is 0. The average molecular weight is 328 g/mol. The van der Waals surface area contributed by atoms with Gasteiger partial charge in [-0.05, 0) is 25.7 Å². The molecule has 2 heterocycles. The summed E-state index contributed by atoms with van der Waals surface area (Å²) in [7, 11) is 3.43. The third-order valence-electron chi connectivity index (χ3n) is 4.62. The number of hydrogen-bond acceptors (Lipinski definition) is 5. The van der Waals surface area contributed by atoms with Crippen molar-refractivity contribution in [3.63, 3.8) is 0 Å². The molecule has 0 aromatic heterocycles. The van der Waals surface area contributed by atoms with E-state index >= 15 is 0 Å². The van der Waals surface area contributed by atoms with E-state index in [9.17, 15) is 14.7 Å². The third-order valence-corrected chi connectivity index (χ3v) is 4.62. The van der Waals surface area contributed by atoms with Gasteiger partial charge >= 0.3 is 0 Å². The summed E-state index contributed by atoms with van der Waals surface area (Å²) in [5.74, 6) is 0.00989. The molecule has 7 nitrogen and oxygen atoms in total. The molecule has 0 aliphatic carbocycles. The molecule has 7 heteroatoms. The number of hydrogen-bond donors (Lipinski definition) is 2. The second-order valence-corrected chi connectivity index (χ2v) is 6.55. The Bertz CT molecular complexity index is 409. The maximum absolute atomic E-state index is 12.3. The van der Waals surface area contributed by atoms with Crippen LogP contribution < -0.4 is 5.32 Å². The van der Waals surface area contributed by atoms with Gasteiger partial charge in [-0.1, -0.05) is 0 Å². The standard InChI is InChI=1S/C16H28N2O5/c1-18(2)15(20)9-12-3-4-13(14(10-19)23-12)17-16(21)11-5-7-22-8-6-11/h11-14,19H,3-10H2,1-2H3,(H,17,21)/t12-,13-,14-/m1/s1. The first-order valence-corrected chi connectivity index (χ1v) is 8.35. The summed E-state index contributed by atoms with van der Waals surface area (Å²) in [6, 6.07) is -0.193. The molecule has 2 N–H and O–H groups in total. The van der Waals surface area contributed by atoms with Crippen molar-refractivity contribution >= 4 is 11.8 Å². The summed E-state index contributed by atoms with van der Waals surface area (Å²) in [6.45, 7) is 1.08. The van der Waals surface area contributed by atoms with Crippen molar-refractivity contribution in [2.75, 3.05) is 33.9 Å². The summed E-state index contributed by atoms with van der Waals surface area (Å²) in [6.07, 6.45) is 2.56. The van der Waals surface area contributed by atoms with Crippen molar-refractivity contribution in [2.45, 2.75) is 50.4 Å². The van der Waals surface area contributed by atoms with E-state index in [1.165, 1.54) is 4.90 Å².